The second-order valence-corrected chi connectivity index (χ2v) is 8.70. The highest BCUT2D eigenvalue weighted by atomic mass is 35.5. The van der Waals surface area contributed by atoms with Crippen LogP contribution < -0.4 is 15.5 Å². The molecule has 0 heterocycles. The van der Waals surface area contributed by atoms with E-state index in [0.29, 0.717) is 33.5 Å². The largest absolute Gasteiger partial charge is 0.488 e. The van der Waals surface area contributed by atoms with Crippen molar-refractivity contribution in [3.63, 3.8) is 0 Å². The van der Waals surface area contributed by atoms with Crippen LogP contribution in [0.3, 0.4) is 0 Å². The van der Waals surface area contributed by atoms with Gasteiger partial charge in [-0.3, -0.25) is 9.59 Å². The molecule has 0 saturated heterocycles. The van der Waals surface area contributed by atoms with Crippen LogP contribution >= 0.6 is 23.2 Å². The number of nitrogens with one attached hydrogen (secondary N) is 2. The highest BCUT2D eigenvalue weighted by Crippen LogP contribution is 2.21. The normalized spacial score (nSPS) is 11.9. The van der Waals surface area contributed by atoms with Crippen LogP contribution in [0.1, 0.15) is 35.3 Å². The topological polar surface area (TPSA) is 79.8 Å². The zero-order valence-corrected chi connectivity index (χ0v) is 20.3. The summed E-state index contributed by atoms with van der Waals surface area (Å²) in [6.45, 7) is 3.97. The first-order valence-corrected chi connectivity index (χ1v) is 11.5. The third-order valence-corrected chi connectivity index (χ3v) is 5.56. The fourth-order valence-electron chi connectivity index (χ4n) is 3.11. The van der Waals surface area contributed by atoms with Crippen molar-refractivity contribution in [3.05, 3.63) is 99.5 Å². The minimum Gasteiger partial charge on any atom is -0.488 e. The third kappa shape index (κ3) is 7.07. The van der Waals surface area contributed by atoms with Gasteiger partial charge in [0.25, 0.3) is 11.8 Å². The molecule has 1 atom stereocenters. The van der Waals surface area contributed by atoms with E-state index in [-0.39, 0.29) is 5.92 Å². The number of carbonyl (C=O) groups is 2. The molecule has 0 fully saturated rings. The average molecular weight is 498 g/mol. The van der Waals surface area contributed by atoms with Crippen LogP contribution in [0.15, 0.2) is 77.9 Å². The van der Waals surface area contributed by atoms with Crippen molar-refractivity contribution >= 4 is 41.2 Å². The molecule has 0 aliphatic rings. The van der Waals surface area contributed by atoms with Crippen molar-refractivity contribution in [2.45, 2.75) is 26.5 Å². The first-order valence-electron chi connectivity index (χ1n) is 10.7. The Labute approximate surface area is 208 Å². The van der Waals surface area contributed by atoms with Gasteiger partial charge >= 0.3 is 0 Å². The molecule has 0 spiro atoms. The van der Waals surface area contributed by atoms with Crippen LogP contribution in [0.5, 0.6) is 5.75 Å². The highest BCUT2D eigenvalue weighted by Gasteiger charge is 2.24. The second-order valence-electron chi connectivity index (χ2n) is 7.86. The average Bonchev–Trinajstić information content (AvgIpc) is 2.82. The summed E-state index contributed by atoms with van der Waals surface area (Å²) in [6, 6.07) is 20.5. The van der Waals surface area contributed by atoms with Gasteiger partial charge in [0.05, 0.1) is 6.21 Å². The standard InChI is InChI=1S/C26H25Cl2N3O3/c1-17(2)24(30-25(32)18-10-7-11-21(27)14-18)26(33)31-29-15-19-8-4-6-13-23(19)34-16-20-9-3-5-12-22(20)28/h3-15,17,24H,16H2,1-2H3,(H,30,32)(H,31,33). The van der Waals surface area contributed by atoms with Gasteiger partial charge in [0.1, 0.15) is 18.4 Å². The first-order chi connectivity index (χ1) is 16.3. The number of carbonyl (C=O) groups excluding carboxylic acids is 2. The van der Waals surface area contributed by atoms with Gasteiger partial charge in [-0.15, -0.1) is 0 Å². The van der Waals surface area contributed by atoms with Crippen LogP contribution in [0, 0.1) is 5.92 Å². The molecule has 2 amide bonds. The molecule has 0 aromatic heterocycles. The Morgan fingerprint density at radius 2 is 1.74 bits per heavy atom. The Hall–Kier alpha value is -3.35. The summed E-state index contributed by atoms with van der Waals surface area (Å²) in [4.78, 5) is 25.3. The molecule has 34 heavy (non-hydrogen) atoms. The van der Waals surface area contributed by atoms with Crippen molar-refractivity contribution in [3.8, 4) is 5.75 Å². The molecule has 0 saturated carbocycles. The lowest BCUT2D eigenvalue weighted by molar-refractivity contribution is -0.123. The van der Waals surface area contributed by atoms with E-state index in [0.717, 1.165) is 5.56 Å². The summed E-state index contributed by atoms with van der Waals surface area (Å²) in [7, 11) is 0. The molecule has 0 bridgehead atoms. The molecule has 176 valence electrons. The number of ether oxygens (including phenoxy) is 1. The van der Waals surface area contributed by atoms with Crippen LogP contribution in [-0.4, -0.2) is 24.1 Å². The minimum absolute atomic E-state index is 0.162. The molecule has 0 aliphatic heterocycles. The molecule has 1 unspecified atom stereocenters. The van der Waals surface area contributed by atoms with Crippen molar-refractivity contribution < 1.29 is 14.3 Å². The molecule has 0 aliphatic carbocycles. The van der Waals surface area contributed by atoms with Gasteiger partial charge in [-0.25, -0.2) is 5.43 Å². The fraction of sp³-hybridized carbons (Fsp3) is 0.192. The SMILES string of the molecule is CC(C)C(NC(=O)c1cccc(Cl)c1)C(=O)NN=Cc1ccccc1OCc1ccccc1Cl. The Morgan fingerprint density at radius 3 is 2.47 bits per heavy atom. The first kappa shape index (κ1) is 25.3. The zero-order valence-electron chi connectivity index (χ0n) is 18.8. The summed E-state index contributed by atoms with van der Waals surface area (Å²) in [5.41, 5.74) is 4.42. The number of hydrazone groups is 1. The maximum atomic E-state index is 12.7. The van der Waals surface area contributed by atoms with Crippen LogP contribution in [0.25, 0.3) is 0 Å². The number of rotatable bonds is 9. The van der Waals surface area contributed by atoms with E-state index in [1.807, 2.05) is 56.3 Å². The van der Waals surface area contributed by atoms with Gasteiger partial charge in [0.15, 0.2) is 0 Å². The number of amides is 2. The molecule has 6 nitrogen and oxygen atoms in total. The van der Waals surface area contributed by atoms with Gasteiger partial charge in [0.2, 0.25) is 0 Å². The summed E-state index contributed by atoms with van der Waals surface area (Å²) in [6.07, 6.45) is 1.50. The van der Waals surface area contributed by atoms with Crippen LogP contribution in [0.2, 0.25) is 10.0 Å². The molecule has 8 heteroatoms. The van der Waals surface area contributed by atoms with Gasteiger partial charge < -0.3 is 10.1 Å². The lowest BCUT2D eigenvalue weighted by Crippen LogP contribution is -2.48. The van der Waals surface area contributed by atoms with Gasteiger partial charge in [-0.05, 0) is 42.3 Å². The fourth-order valence-corrected chi connectivity index (χ4v) is 3.49. The predicted molar refractivity (Wildman–Crippen MR) is 136 cm³/mol. The lowest BCUT2D eigenvalue weighted by Gasteiger charge is -2.20. The minimum atomic E-state index is -0.782. The van der Waals surface area contributed by atoms with E-state index < -0.39 is 17.9 Å². The molecule has 3 rings (SSSR count). The summed E-state index contributed by atoms with van der Waals surface area (Å²) in [5.74, 6) is -0.394. The van der Waals surface area contributed by atoms with Crippen LogP contribution in [0.4, 0.5) is 0 Å². The zero-order chi connectivity index (χ0) is 24.5. The predicted octanol–water partition coefficient (Wildman–Crippen LogP) is 5.48. The molecular formula is C26H25Cl2N3O3. The van der Waals surface area contributed by atoms with Gasteiger partial charge in [-0.1, -0.05) is 73.4 Å². The summed E-state index contributed by atoms with van der Waals surface area (Å²) >= 11 is 12.2. The van der Waals surface area contributed by atoms with Crippen molar-refractivity contribution in [2.24, 2.45) is 11.0 Å². The second kappa shape index (κ2) is 12.2. The smallest absolute Gasteiger partial charge is 0.262 e. The number of para-hydroxylation sites is 1. The van der Waals surface area contributed by atoms with Crippen LogP contribution in [-0.2, 0) is 11.4 Å². The van der Waals surface area contributed by atoms with Crippen molar-refractivity contribution in [1.82, 2.24) is 10.7 Å². The van der Waals surface area contributed by atoms with E-state index >= 15 is 0 Å². The summed E-state index contributed by atoms with van der Waals surface area (Å²) in [5, 5.41) is 7.88. The van der Waals surface area contributed by atoms with E-state index in [1.54, 1.807) is 30.3 Å². The lowest BCUT2D eigenvalue weighted by atomic mass is 10.0. The van der Waals surface area contributed by atoms with Crippen molar-refractivity contribution in [2.75, 3.05) is 0 Å². The number of hydrogen-bond donors (Lipinski definition) is 2. The molecule has 0 radical (unpaired) electrons. The third-order valence-electron chi connectivity index (χ3n) is 4.96. The van der Waals surface area contributed by atoms with E-state index in [2.05, 4.69) is 15.8 Å². The molecular weight excluding hydrogens is 473 g/mol. The maximum absolute atomic E-state index is 12.7. The van der Waals surface area contributed by atoms with Gasteiger partial charge in [-0.2, -0.15) is 5.10 Å². The molecule has 3 aromatic carbocycles. The Kier molecular flexibility index (Phi) is 9.08. The Morgan fingerprint density at radius 1 is 1.00 bits per heavy atom. The van der Waals surface area contributed by atoms with Gasteiger partial charge in [0, 0.05) is 26.7 Å². The van der Waals surface area contributed by atoms with E-state index in [1.165, 1.54) is 6.21 Å². The molecule has 2 N–H and O–H groups in total. The van der Waals surface area contributed by atoms with E-state index in [9.17, 15) is 9.59 Å². The van der Waals surface area contributed by atoms with E-state index in [4.69, 9.17) is 27.9 Å². The number of hydrogen-bond acceptors (Lipinski definition) is 4. The Balaban J connectivity index is 1.63. The highest BCUT2D eigenvalue weighted by molar-refractivity contribution is 6.31. The number of halogens is 2. The summed E-state index contributed by atoms with van der Waals surface area (Å²) < 4.78 is 5.90. The van der Waals surface area contributed by atoms with Crippen molar-refractivity contribution in [1.29, 1.82) is 0 Å². The number of nitrogens with zero attached hydrogens (tertiary/aromatic N) is 1. The maximum Gasteiger partial charge on any atom is 0.262 e. The quantitative estimate of drug-likeness (QED) is 0.303. The molecule has 3 aromatic rings. The Bertz CT molecular complexity index is 1180. The monoisotopic (exact) mass is 497 g/mol. The number of benzene rings is 3.